The van der Waals surface area contributed by atoms with Crippen LogP contribution in [0.3, 0.4) is 0 Å². The van der Waals surface area contributed by atoms with Crippen molar-refractivity contribution in [3.05, 3.63) is 35.4 Å². The Labute approximate surface area is 105 Å². The van der Waals surface area contributed by atoms with Crippen LogP contribution in [0.5, 0.6) is 0 Å². The van der Waals surface area contributed by atoms with Gasteiger partial charge in [-0.2, -0.15) is 0 Å². The van der Waals surface area contributed by atoms with Crippen molar-refractivity contribution in [2.24, 2.45) is 5.92 Å². The highest BCUT2D eigenvalue weighted by Gasteiger charge is 2.27. The van der Waals surface area contributed by atoms with Crippen LogP contribution in [0.1, 0.15) is 56.2 Å². The standard InChI is InChI=1S/C16H23N/c1-12(13-6-2-3-7-13)17-16-11-10-14-8-4-5-9-15(14)16/h4-5,8-9,12-13,16-17H,2-3,6-7,10-11H2,1H3/t12-,16?/m0/s1. The van der Waals surface area contributed by atoms with Crippen molar-refractivity contribution in [2.45, 2.75) is 57.5 Å². The fourth-order valence-corrected chi connectivity index (χ4v) is 3.64. The molecule has 0 radical (unpaired) electrons. The lowest BCUT2D eigenvalue weighted by Gasteiger charge is -2.25. The molecule has 1 fully saturated rings. The Morgan fingerprint density at radius 1 is 1.12 bits per heavy atom. The summed E-state index contributed by atoms with van der Waals surface area (Å²) in [6, 6.07) is 10.2. The van der Waals surface area contributed by atoms with E-state index in [-0.39, 0.29) is 0 Å². The van der Waals surface area contributed by atoms with Crippen LogP contribution in [-0.2, 0) is 6.42 Å². The van der Waals surface area contributed by atoms with E-state index in [1.165, 1.54) is 38.5 Å². The normalized spacial score (nSPS) is 26.1. The molecule has 0 saturated heterocycles. The molecule has 2 aliphatic carbocycles. The van der Waals surface area contributed by atoms with Crippen LogP contribution in [0, 0.1) is 5.92 Å². The van der Waals surface area contributed by atoms with Gasteiger partial charge in [-0.25, -0.2) is 0 Å². The minimum atomic E-state index is 0.613. The molecule has 0 bridgehead atoms. The highest BCUT2D eigenvalue weighted by atomic mass is 15.0. The first-order chi connectivity index (χ1) is 8.34. The van der Waals surface area contributed by atoms with Crippen LogP contribution < -0.4 is 5.32 Å². The van der Waals surface area contributed by atoms with E-state index in [0.717, 1.165) is 5.92 Å². The maximum atomic E-state index is 3.88. The van der Waals surface area contributed by atoms with Crippen LogP contribution in [0.2, 0.25) is 0 Å². The van der Waals surface area contributed by atoms with Gasteiger partial charge in [-0.05, 0) is 49.7 Å². The third-order valence-electron chi connectivity index (χ3n) is 4.70. The Bertz CT molecular complexity index is 379. The molecule has 1 saturated carbocycles. The molecular formula is C16H23N. The van der Waals surface area contributed by atoms with Gasteiger partial charge in [0.1, 0.15) is 0 Å². The van der Waals surface area contributed by atoms with Crippen LogP contribution in [0.25, 0.3) is 0 Å². The predicted octanol–water partition coefficient (Wildman–Crippen LogP) is 3.84. The summed E-state index contributed by atoms with van der Waals surface area (Å²) in [5.74, 6) is 0.919. The van der Waals surface area contributed by atoms with E-state index in [1.807, 2.05) is 0 Å². The second-order valence-corrected chi connectivity index (χ2v) is 5.79. The minimum Gasteiger partial charge on any atom is -0.307 e. The van der Waals surface area contributed by atoms with Crippen LogP contribution in [-0.4, -0.2) is 6.04 Å². The highest BCUT2D eigenvalue weighted by Crippen LogP contribution is 2.34. The van der Waals surface area contributed by atoms with Gasteiger partial charge in [-0.15, -0.1) is 0 Å². The molecule has 2 aliphatic rings. The smallest absolute Gasteiger partial charge is 0.0328 e. The van der Waals surface area contributed by atoms with Gasteiger partial charge in [0.05, 0.1) is 0 Å². The van der Waals surface area contributed by atoms with Crippen molar-refractivity contribution in [3.63, 3.8) is 0 Å². The van der Waals surface area contributed by atoms with Gasteiger partial charge in [0.15, 0.2) is 0 Å². The Morgan fingerprint density at radius 2 is 1.88 bits per heavy atom. The molecule has 0 amide bonds. The zero-order valence-electron chi connectivity index (χ0n) is 10.8. The van der Waals surface area contributed by atoms with Crippen LogP contribution >= 0.6 is 0 Å². The average molecular weight is 229 g/mol. The predicted molar refractivity (Wildman–Crippen MR) is 72.1 cm³/mol. The van der Waals surface area contributed by atoms with Gasteiger partial charge < -0.3 is 5.32 Å². The van der Waals surface area contributed by atoms with Crippen molar-refractivity contribution in [3.8, 4) is 0 Å². The molecule has 17 heavy (non-hydrogen) atoms. The van der Waals surface area contributed by atoms with E-state index in [9.17, 15) is 0 Å². The van der Waals surface area contributed by atoms with Gasteiger partial charge in [-0.1, -0.05) is 37.1 Å². The lowest BCUT2D eigenvalue weighted by molar-refractivity contribution is 0.342. The van der Waals surface area contributed by atoms with Gasteiger partial charge in [0.2, 0.25) is 0 Å². The third-order valence-corrected chi connectivity index (χ3v) is 4.70. The molecular weight excluding hydrogens is 206 g/mol. The summed E-state index contributed by atoms with van der Waals surface area (Å²) in [5, 5.41) is 3.88. The summed E-state index contributed by atoms with van der Waals surface area (Å²) in [4.78, 5) is 0. The Kier molecular flexibility index (Phi) is 3.19. The SMILES string of the molecule is C[C@H](NC1CCc2ccccc21)C1CCCC1. The second-order valence-electron chi connectivity index (χ2n) is 5.79. The summed E-state index contributed by atoms with van der Waals surface area (Å²) in [7, 11) is 0. The van der Waals surface area contributed by atoms with Crippen molar-refractivity contribution in [1.29, 1.82) is 0 Å². The lowest BCUT2D eigenvalue weighted by Crippen LogP contribution is -2.34. The molecule has 1 aromatic carbocycles. The molecule has 0 aromatic heterocycles. The maximum absolute atomic E-state index is 3.88. The van der Waals surface area contributed by atoms with E-state index in [1.54, 1.807) is 11.1 Å². The highest BCUT2D eigenvalue weighted by molar-refractivity contribution is 5.34. The molecule has 0 aliphatic heterocycles. The lowest BCUT2D eigenvalue weighted by atomic mass is 9.98. The van der Waals surface area contributed by atoms with E-state index in [2.05, 4.69) is 36.5 Å². The number of hydrogen-bond donors (Lipinski definition) is 1. The van der Waals surface area contributed by atoms with E-state index >= 15 is 0 Å². The first-order valence-corrected chi connectivity index (χ1v) is 7.18. The summed E-state index contributed by atoms with van der Waals surface area (Å²) >= 11 is 0. The first kappa shape index (κ1) is 11.3. The zero-order valence-corrected chi connectivity index (χ0v) is 10.8. The Balaban J connectivity index is 1.66. The minimum absolute atomic E-state index is 0.613. The van der Waals surface area contributed by atoms with Gasteiger partial charge in [0, 0.05) is 12.1 Å². The quantitative estimate of drug-likeness (QED) is 0.830. The summed E-state index contributed by atoms with van der Waals surface area (Å²) in [5.41, 5.74) is 3.11. The van der Waals surface area contributed by atoms with Crippen molar-refractivity contribution >= 4 is 0 Å². The molecule has 2 atom stereocenters. The number of rotatable bonds is 3. The molecule has 1 unspecified atom stereocenters. The van der Waals surface area contributed by atoms with Gasteiger partial charge >= 0.3 is 0 Å². The number of benzene rings is 1. The van der Waals surface area contributed by atoms with Gasteiger partial charge in [0.25, 0.3) is 0 Å². The fourth-order valence-electron chi connectivity index (χ4n) is 3.64. The van der Waals surface area contributed by atoms with Gasteiger partial charge in [-0.3, -0.25) is 0 Å². The van der Waals surface area contributed by atoms with E-state index < -0.39 is 0 Å². The molecule has 1 nitrogen and oxygen atoms in total. The number of aryl methyl sites for hydroxylation is 1. The number of nitrogens with one attached hydrogen (secondary N) is 1. The summed E-state index contributed by atoms with van der Waals surface area (Å²) in [6.45, 7) is 2.39. The van der Waals surface area contributed by atoms with Crippen LogP contribution in [0.4, 0.5) is 0 Å². The topological polar surface area (TPSA) is 12.0 Å². The molecule has 0 heterocycles. The molecule has 92 valence electrons. The third kappa shape index (κ3) is 2.26. The van der Waals surface area contributed by atoms with Crippen molar-refractivity contribution < 1.29 is 0 Å². The monoisotopic (exact) mass is 229 g/mol. The number of hydrogen-bond acceptors (Lipinski definition) is 1. The largest absolute Gasteiger partial charge is 0.307 e. The molecule has 0 spiro atoms. The van der Waals surface area contributed by atoms with Crippen LogP contribution in [0.15, 0.2) is 24.3 Å². The second kappa shape index (κ2) is 4.81. The number of fused-ring (bicyclic) bond motifs is 1. The molecule has 1 N–H and O–H groups in total. The van der Waals surface area contributed by atoms with Crippen molar-refractivity contribution in [1.82, 2.24) is 5.32 Å². The zero-order chi connectivity index (χ0) is 11.7. The maximum Gasteiger partial charge on any atom is 0.0328 e. The van der Waals surface area contributed by atoms with E-state index in [0.29, 0.717) is 12.1 Å². The summed E-state index contributed by atoms with van der Waals surface area (Å²) < 4.78 is 0. The Morgan fingerprint density at radius 3 is 2.71 bits per heavy atom. The molecule has 1 heteroatoms. The average Bonchev–Trinajstić information content (AvgIpc) is 2.98. The first-order valence-electron chi connectivity index (χ1n) is 7.18. The molecule has 1 aromatic rings. The van der Waals surface area contributed by atoms with Crippen molar-refractivity contribution in [2.75, 3.05) is 0 Å². The molecule has 3 rings (SSSR count). The Hall–Kier alpha value is -0.820. The van der Waals surface area contributed by atoms with E-state index in [4.69, 9.17) is 0 Å². The fraction of sp³-hybridized carbons (Fsp3) is 0.625. The summed E-state index contributed by atoms with van der Waals surface area (Å²) in [6.07, 6.45) is 8.29.